The van der Waals surface area contributed by atoms with Crippen LogP contribution in [0.1, 0.15) is 27.7 Å². The summed E-state index contributed by atoms with van der Waals surface area (Å²) in [7, 11) is 1.82. The molecular formula is C8H17NO2. The van der Waals surface area contributed by atoms with Crippen LogP contribution in [0.3, 0.4) is 0 Å². The fourth-order valence-corrected chi connectivity index (χ4v) is 0.961. The van der Waals surface area contributed by atoms with Crippen LogP contribution in [0.4, 0.5) is 0 Å². The highest BCUT2D eigenvalue weighted by atomic mass is 16.8. The molecule has 1 N–H and O–H groups in total. The second kappa shape index (κ2) is 2.44. The van der Waals surface area contributed by atoms with Gasteiger partial charge in [-0.15, -0.1) is 0 Å². The van der Waals surface area contributed by atoms with Gasteiger partial charge in [0.25, 0.3) is 0 Å². The maximum atomic E-state index is 5.58. The third-order valence-corrected chi connectivity index (χ3v) is 2.49. The minimum absolute atomic E-state index is 0.222. The predicted molar refractivity (Wildman–Crippen MR) is 43.2 cm³/mol. The fourth-order valence-electron chi connectivity index (χ4n) is 0.961. The van der Waals surface area contributed by atoms with Gasteiger partial charge in [0, 0.05) is 0 Å². The van der Waals surface area contributed by atoms with E-state index in [1.807, 2.05) is 34.7 Å². The van der Waals surface area contributed by atoms with Crippen molar-refractivity contribution in [1.29, 1.82) is 0 Å². The average molecular weight is 159 g/mol. The van der Waals surface area contributed by atoms with Crippen molar-refractivity contribution in [3.8, 4) is 0 Å². The van der Waals surface area contributed by atoms with Crippen molar-refractivity contribution >= 4 is 0 Å². The minimum atomic E-state index is -0.264. The van der Waals surface area contributed by atoms with Gasteiger partial charge in [0.1, 0.15) is 0 Å². The summed E-state index contributed by atoms with van der Waals surface area (Å²) in [5.41, 5.74) is -0.443. The van der Waals surface area contributed by atoms with E-state index in [0.717, 1.165) is 0 Å². The van der Waals surface area contributed by atoms with Crippen molar-refractivity contribution in [2.75, 3.05) is 7.05 Å². The first kappa shape index (κ1) is 8.97. The zero-order chi connectivity index (χ0) is 8.70. The van der Waals surface area contributed by atoms with Crippen LogP contribution in [0.5, 0.6) is 0 Å². The Morgan fingerprint density at radius 1 is 1.00 bits per heavy atom. The lowest BCUT2D eigenvalue weighted by Crippen LogP contribution is -2.41. The summed E-state index contributed by atoms with van der Waals surface area (Å²) in [4.78, 5) is 0. The Bertz CT molecular complexity index is 138. The van der Waals surface area contributed by atoms with Crippen molar-refractivity contribution in [3.05, 3.63) is 0 Å². The smallest absolute Gasteiger partial charge is 0.217 e. The molecule has 0 saturated carbocycles. The minimum Gasteiger partial charge on any atom is -0.331 e. The first-order chi connectivity index (χ1) is 4.89. The van der Waals surface area contributed by atoms with Crippen LogP contribution < -0.4 is 5.32 Å². The van der Waals surface area contributed by atoms with Crippen LogP contribution in [0.25, 0.3) is 0 Å². The lowest BCUT2D eigenvalue weighted by atomic mass is 9.90. The van der Waals surface area contributed by atoms with Crippen LogP contribution in [0, 0.1) is 0 Å². The summed E-state index contributed by atoms with van der Waals surface area (Å²) < 4.78 is 11.2. The first-order valence-electron chi connectivity index (χ1n) is 3.92. The maximum absolute atomic E-state index is 5.58. The van der Waals surface area contributed by atoms with Crippen molar-refractivity contribution in [2.45, 2.75) is 45.3 Å². The van der Waals surface area contributed by atoms with Crippen molar-refractivity contribution < 1.29 is 9.47 Å². The Balaban J connectivity index is 2.72. The lowest BCUT2D eigenvalue weighted by molar-refractivity contribution is -0.103. The van der Waals surface area contributed by atoms with E-state index < -0.39 is 0 Å². The van der Waals surface area contributed by atoms with E-state index in [1.54, 1.807) is 0 Å². The molecule has 0 aromatic carbocycles. The number of rotatable bonds is 1. The third-order valence-electron chi connectivity index (χ3n) is 2.49. The Kier molecular flexibility index (Phi) is 1.99. The van der Waals surface area contributed by atoms with Crippen LogP contribution >= 0.6 is 0 Å². The Morgan fingerprint density at radius 3 is 1.55 bits per heavy atom. The molecule has 0 radical (unpaired) electrons. The fraction of sp³-hybridized carbons (Fsp3) is 1.00. The summed E-state index contributed by atoms with van der Waals surface area (Å²) in [6.07, 6.45) is -0.264. The van der Waals surface area contributed by atoms with Gasteiger partial charge in [-0.2, -0.15) is 0 Å². The highest BCUT2D eigenvalue weighted by Crippen LogP contribution is 2.36. The van der Waals surface area contributed by atoms with Gasteiger partial charge in [0.05, 0.1) is 11.2 Å². The van der Waals surface area contributed by atoms with Gasteiger partial charge in [-0.3, -0.25) is 5.32 Å². The van der Waals surface area contributed by atoms with E-state index >= 15 is 0 Å². The summed E-state index contributed by atoms with van der Waals surface area (Å²) in [5, 5.41) is 2.93. The standard InChI is InChI=1S/C8H17NO2/c1-7(2)8(3,4)11-6(9-5)10-7/h6,9H,1-5H3. The first-order valence-corrected chi connectivity index (χ1v) is 3.92. The van der Waals surface area contributed by atoms with Gasteiger partial charge in [0.15, 0.2) is 0 Å². The molecule has 0 unspecified atom stereocenters. The van der Waals surface area contributed by atoms with E-state index in [0.29, 0.717) is 0 Å². The molecule has 0 aromatic rings. The average Bonchev–Trinajstić information content (AvgIpc) is 2.03. The molecule has 11 heavy (non-hydrogen) atoms. The van der Waals surface area contributed by atoms with Crippen LogP contribution in [0.15, 0.2) is 0 Å². The van der Waals surface area contributed by atoms with Crippen molar-refractivity contribution in [1.82, 2.24) is 5.32 Å². The van der Waals surface area contributed by atoms with E-state index in [9.17, 15) is 0 Å². The Morgan fingerprint density at radius 2 is 1.36 bits per heavy atom. The second-order valence-corrected chi connectivity index (χ2v) is 3.88. The van der Waals surface area contributed by atoms with Gasteiger partial charge in [0.2, 0.25) is 6.41 Å². The monoisotopic (exact) mass is 159 g/mol. The third kappa shape index (κ3) is 1.41. The van der Waals surface area contributed by atoms with E-state index in [2.05, 4.69) is 5.32 Å². The van der Waals surface area contributed by atoms with Gasteiger partial charge in [-0.1, -0.05) is 0 Å². The van der Waals surface area contributed by atoms with Crippen LogP contribution in [-0.2, 0) is 9.47 Å². The van der Waals surface area contributed by atoms with Gasteiger partial charge in [-0.25, -0.2) is 0 Å². The summed E-state index contributed by atoms with van der Waals surface area (Å²) >= 11 is 0. The molecule has 0 aliphatic carbocycles. The molecule has 0 atom stereocenters. The van der Waals surface area contributed by atoms with E-state index in [1.165, 1.54) is 0 Å². The molecule has 1 saturated heterocycles. The van der Waals surface area contributed by atoms with Crippen molar-refractivity contribution in [3.63, 3.8) is 0 Å². The lowest BCUT2D eigenvalue weighted by Gasteiger charge is -2.30. The highest BCUT2D eigenvalue weighted by molar-refractivity contribution is 4.93. The van der Waals surface area contributed by atoms with Crippen molar-refractivity contribution in [2.24, 2.45) is 0 Å². The van der Waals surface area contributed by atoms with Crippen LogP contribution in [0.2, 0.25) is 0 Å². The summed E-state index contributed by atoms with van der Waals surface area (Å²) in [5.74, 6) is 0. The molecule has 0 bridgehead atoms. The van der Waals surface area contributed by atoms with Gasteiger partial charge >= 0.3 is 0 Å². The second-order valence-electron chi connectivity index (χ2n) is 3.88. The SMILES string of the molecule is CNC1OC(C)(C)C(C)(C)O1. The van der Waals surface area contributed by atoms with Gasteiger partial charge in [-0.05, 0) is 34.7 Å². The van der Waals surface area contributed by atoms with E-state index in [4.69, 9.17) is 9.47 Å². The molecule has 0 aromatic heterocycles. The maximum Gasteiger partial charge on any atom is 0.217 e. The molecule has 3 heteroatoms. The number of hydrogen-bond donors (Lipinski definition) is 1. The molecule has 0 amide bonds. The summed E-state index contributed by atoms with van der Waals surface area (Å²) in [6, 6.07) is 0. The molecule has 3 nitrogen and oxygen atoms in total. The Labute approximate surface area is 68.1 Å². The molecule has 1 aliphatic rings. The summed E-state index contributed by atoms with van der Waals surface area (Å²) in [6.45, 7) is 8.13. The quantitative estimate of drug-likeness (QED) is 0.621. The van der Waals surface area contributed by atoms with Gasteiger partial charge < -0.3 is 9.47 Å². The molecule has 66 valence electrons. The number of nitrogens with one attached hydrogen (secondary N) is 1. The molecular weight excluding hydrogens is 142 g/mol. The topological polar surface area (TPSA) is 30.5 Å². The van der Waals surface area contributed by atoms with Crippen LogP contribution in [-0.4, -0.2) is 24.7 Å². The number of hydrogen-bond acceptors (Lipinski definition) is 3. The normalized spacial score (nSPS) is 29.2. The highest BCUT2D eigenvalue weighted by Gasteiger charge is 2.48. The zero-order valence-corrected chi connectivity index (χ0v) is 7.89. The molecule has 1 fully saturated rings. The number of ether oxygens (including phenoxy) is 2. The van der Waals surface area contributed by atoms with E-state index in [-0.39, 0.29) is 17.6 Å². The molecule has 1 heterocycles. The molecule has 1 aliphatic heterocycles. The largest absolute Gasteiger partial charge is 0.331 e. The zero-order valence-electron chi connectivity index (χ0n) is 7.89. The molecule has 1 rings (SSSR count). The Hall–Kier alpha value is -0.120. The molecule has 0 spiro atoms. The predicted octanol–water partition coefficient (Wildman–Crippen LogP) is 1.09.